The van der Waals surface area contributed by atoms with Crippen molar-refractivity contribution in [1.82, 2.24) is 5.32 Å². The van der Waals surface area contributed by atoms with Crippen molar-refractivity contribution in [2.45, 2.75) is 38.3 Å². The van der Waals surface area contributed by atoms with E-state index >= 15 is 0 Å². The van der Waals surface area contributed by atoms with Gasteiger partial charge in [-0.05, 0) is 49.3 Å². The molecule has 2 rings (SSSR count). The van der Waals surface area contributed by atoms with Crippen molar-refractivity contribution in [2.75, 3.05) is 0 Å². The number of benzene rings is 1. The van der Waals surface area contributed by atoms with Crippen LogP contribution in [0.1, 0.15) is 41.6 Å². The number of aromatic carboxylic acids is 1. The van der Waals surface area contributed by atoms with Gasteiger partial charge in [0.2, 0.25) is 0 Å². The molecule has 0 spiro atoms. The Bertz CT molecular complexity index is 511. The number of hydrogen-bond acceptors (Lipinski definition) is 2. The Kier molecular flexibility index (Phi) is 5.34. The number of rotatable bonds is 6. The summed E-state index contributed by atoms with van der Waals surface area (Å²) in [7, 11) is 0. The molecule has 3 heteroatoms. The molecule has 1 aliphatic rings. The van der Waals surface area contributed by atoms with Crippen molar-refractivity contribution in [3.8, 4) is 0 Å². The van der Waals surface area contributed by atoms with E-state index in [9.17, 15) is 4.79 Å². The number of hydrogen-bond donors (Lipinski definition) is 2. The highest BCUT2D eigenvalue weighted by molar-refractivity contribution is 5.87. The van der Waals surface area contributed by atoms with E-state index in [0.29, 0.717) is 17.5 Å². The number of carboxylic acid groups (broad SMARTS) is 1. The second-order valence-electron chi connectivity index (χ2n) is 5.71. The number of carbonyl (C=O) groups is 1. The number of carboxylic acids is 1. The van der Waals surface area contributed by atoms with Crippen LogP contribution >= 0.6 is 0 Å². The fourth-order valence-corrected chi connectivity index (χ4v) is 2.86. The molecule has 0 bridgehead atoms. The first-order valence-electron chi connectivity index (χ1n) is 7.47. The summed E-state index contributed by atoms with van der Waals surface area (Å²) < 4.78 is 0. The molecule has 1 saturated carbocycles. The average molecular weight is 285 g/mol. The topological polar surface area (TPSA) is 49.3 Å². The van der Waals surface area contributed by atoms with Crippen LogP contribution in [0.4, 0.5) is 0 Å². The van der Waals surface area contributed by atoms with E-state index in [4.69, 9.17) is 5.11 Å². The molecule has 1 fully saturated rings. The van der Waals surface area contributed by atoms with Gasteiger partial charge in [0.25, 0.3) is 0 Å². The predicted molar refractivity (Wildman–Crippen MR) is 85.3 cm³/mol. The van der Waals surface area contributed by atoms with Gasteiger partial charge < -0.3 is 10.4 Å². The van der Waals surface area contributed by atoms with Crippen LogP contribution in [0.15, 0.2) is 49.1 Å². The van der Waals surface area contributed by atoms with Crippen molar-refractivity contribution in [1.29, 1.82) is 0 Å². The molecule has 21 heavy (non-hydrogen) atoms. The Morgan fingerprint density at radius 1 is 1.24 bits per heavy atom. The van der Waals surface area contributed by atoms with E-state index in [1.165, 1.54) is 12.8 Å². The second kappa shape index (κ2) is 7.23. The van der Waals surface area contributed by atoms with Gasteiger partial charge in [0.15, 0.2) is 0 Å². The van der Waals surface area contributed by atoms with Crippen LogP contribution in [0, 0.1) is 5.92 Å². The quantitative estimate of drug-likeness (QED) is 0.782. The monoisotopic (exact) mass is 285 g/mol. The van der Waals surface area contributed by atoms with Gasteiger partial charge in [0, 0.05) is 12.6 Å². The molecule has 2 N–H and O–H groups in total. The minimum absolute atomic E-state index is 0.335. The highest BCUT2D eigenvalue weighted by atomic mass is 16.4. The first kappa shape index (κ1) is 15.5. The van der Waals surface area contributed by atoms with Crippen LogP contribution in [-0.2, 0) is 6.54 Å². The van der Waals surface area contributed by atoms with Crippen LogP contribution in [-0.4, -0.2) is 17.1 Å². The third-order valence-electron chi connectivity index (χ3n) is 4.31. The molecular formula is C18H23NO2. The summed E-state index contributed by atoms with van der Waals surface area (Å²) in [6.45, 7) is 8.63. The van der Waals surface area contributed by atoms with Gasteiger partial charge in [-0.15, -0.1) is 0 Å². The molecule has 3 nitrogen and oxygen atoms in total. The summed E-state index contributed by atoms with van der Waals surface area (Å²) in [6.07, 6.45) is 6.53. The van der Waals surface area contributed by atoms with Crippen LogP contribution in [0.5, 0.6) is 0 Å². The van der Waals surface area contributed by atoms with E-state index in [1.54, 1.807) is 12.1 Å². The summed E-state index contributed by atoms with van der Waals surface area (Å²) in [5, 5.41) is 12.4. The van der Waals surface area contributed by atoms with Gasteiger partial charge in [-0.1, -0.05) is 36.9 Å². The lowest BCUT2D eigenvalue weighted by Gasteiger charge is -2.29. The van der Waals surface area contributed by atoms with Crippen molar-refractivity contribution in [2.24, 2.45) is 5.92 Å². The van der Waals surface area contributed by atoms with Crippen LogP contribution in [0.2, 0.25) is 0 Å². The summed E-state index contributed by atoms with van der Waals surface area (Å²) in [6, 6.07) is 7.61. The molecule has 0 aliphatic heterocycles. The third-order valence-corrected chi connectivity index (χ3v) is 4.31. The Morgan fingerprint density at radius 3 is 2.38 bits per heavy atom. The molecule has 0 atom stereocenters. The standard InChI is InChI=1S/C18H23NO2/c1-3-13(2)15-8-10-17(11-9-15)19-12-14-4-6-16(7-5-14)18(20)21/h3-7,15,17,19H,1-2,8-12H2,(H,20,21). The maximum atomic E-state index is 10.8. The maximum Gasteiger partial charge on any atom is 0.335 e. The molecule has 0 heterocycles. The Hall–Kier alpha value is -1.87. The summed E-state index contributed by atoms with van der Waals surface area (Å²) in [5.74, 6) is -0.286. The van der Waals surface area contributed by atoms with E-state index in [-0.39, 0.29) is 0 Å². The number of nitrogens with one attached hydrogen (secondary N) is 1. The molecule has 0 radical (unpaired) electrons. The minimum Gasteiger partial charge on any atom is -0.478 e. The fraction of sp³-hybridized carbons (Fsp3) is 0.389. The van der Waals surface area contributed by atoms with Crippen molar-refractivity contribution in [3.63, 3.8) is 0 Å². The second-order valence-corrected chi connectivity index (χ2v) is 5.71. The van der Waals surface area contributed by atoms with Crippen LogP contribution in [0.25, 0.3) is 0 Å². The molecule has 1 aromatic rings. The molecule has 1 aliphatic carbocycles. The molecule has 112 valence electrons. The number of allylic oxidation sites excluding steroid dienone is 2. The highest BCUT2D eigenvalue weighted by Crippen LogP contribution is 2.29. The van der Waals surface area contributed by atoms with Crippen molar-refractivity contribution < 1.29 is 9.90 Å². The molecule has 1 aromatic carbocycles. The van der Waals surface area contributed by atoms with Gasteiger partial charge in [0.05, 0.1) is 5.56 Å². The van der Waals surface area contributed by atoms with Gasteiger partial charge in [0.1, 0.15) is 0 Å². The van der Waals surface area contributed by atoms with Gasteiger partial charge in [-0.2, -0.15) is 0 Å². The zero-order chi connectivity index (χ0) is 15.2. The molecule has 0 amide bonds. The average Bonchev–Trinajstić information content (AvgIpc) is 2.53. The minimum atomic E-state index is -0.879. The lowest BCUT2D eigenvalue weighted by molar-refractivity contribution is 0.0697. The Balaban J connectivity index is 1.78. The van der Waals surface area contributed by atoms with Crippen molar-refractivity contribution in [3.05, 3.63) is 60.2 Å². The van der Waals surface area contributed by atoms with Crippen LogP contribution in [0.3, 0.4) is 0 Å². The lowest BCUT2D eigenvalue weighted by Crippen LogP contribution is -2.32. The van der Waals surface area contributed by atoms with E-state index in [0.717, 1.165) is 30.5 Å². The Morgan fingerprint density at radius 2 is 1.86 bits per heavy atom. The summed E-state index contributed by atoms with van der Waals surface area (Å²) in [4.78, 5) is 10.8. The fourth-order valence-electron chi connectivity index (χ4n) is 2.86. The molecule has 0 unspecified atom stereocenters. The van der Waals surface area contributed by atoms with Gasteiger partial charge >= 0.3 is 5.97 Å². The first-order chi connectivity index (χ1) is 10.1. The summed E-state index contributed by atoms with van der Waals surface area (Å²) in [5.41, 5.74) is 2.62. The first-order valence-corrected chi connectivity index (χ1v) is 7.47. The van der Waals surface area contributed by atoms with E-state index < -0.39 is 5.97 Å². The predicted octanol–water partition coefficient (Wildman–Crippen LogP) is 3.78. The molecule has 0 saturated heterocycles. The SMILES string of the molecule is C=CC(=C)C1CCC(NCc2ccc(C(=O)O)cc2)CC1. The maximum absolute atomic E-state index is 10.8. The molecular weight excluding hydrogens is 262 g/mol. The zero-order valence-electron chi connectivity index (χ0n) is 12.3. The largest absolute Gasteiger partial charge is 0.478 e. The molecule has 0 aromatic heterocycles. The smallest absolute Gasteiger partial charge is 0.335 e. The van der Waals surface area contributed by atoms with Crippen molar-refractivity contribution >= 4 is 5.97 Å². The Labute approximate surface area is 126 Å². The third kappa shape index (κ3) is 4.30. The summed E-state index contributed by atoms with van der Waals surface area (Å²) >= 11 is 0. The van der Waals surface area contributed by atoms with Gasteiger partial charge in [-0.3, -0.25) is 0 Å². The zero-order valence-corrected chi connectivity index (χ0v) is 12.3. The van der Waals surface area contributed by atoms with E-state index in [1.807, 2.05) is 18.2 Å². The van der Waals surface area contributed by atoms with E-state index in [2.05, 4.69) is 18.5 Å². The highest BCUT2D eigenvalue weighted by Gasteiger charge is 2.21. The van der Waals surface area contributed by atoms with Crippen LogP contribution < -0.4 is 5.32 Å². The normalized spacial score (nSPS) is 21.7. The lowest BCUT2D eigenvalue weighted by atomic mass is 9.82. The van der Waals surface area contributed by atoms with Gasteiger partial charge in [-0.25, -0.2) is 4.79 Å².